The van der Waals surface area contributed by atoms with Gasteiger partial charge in [-0.15, -0.1) is 0 Å². The molecular weight excluding hydrogens is 211 g/mol. The Kier molecular flexibility index (Phi) is 2.55. The summed E-state index contributed by atoms with van der Waals surface area (Å²) in [4.78, 5) is 17.9. The van der Waals surface area contributed by atoms with E-state index in [1.807, 2.05) is 0 Å². The van der Waals surface area contributed by atoms with Crippen molar-refractivity contribution in [3.05, 3.63) is 42.2 Å². The summed E-state index contributed by atoms with van der Waals surface area (Å²) < 4.78 is 12.9. The van der Waals surface area contributed by atoms with Crippen LogP contribution in [0.5, 0.6) is 0 Å². The van der Waals surface area contributed by atoms with Crippen LogP contribution in [0.3, 0.4) is 0 Å². The predicted molar refractivity (Wildman–Crippen MR) is 57.4 cm³/mol. The zero-order valence-corrected chi connectivity index (χ0v) is 8.20. The molecule has 5 nitrogen and oxygen atoms in total. The number of benzene rings is 1. The predicted octanol–water partition coefficient (Wildman–Crippen LogP) is 1.38. The molecule has 0 aliphatic rings. The van der Waals surface area contributed by atoms with Gasteiger partial charge in [-0.25, -0.2) is 9.37 Å². The number of hydrogen-bond acceptors (Lipinski definition) is 3. The summed E-state index contributed by atoms with van der Waals surface area (Å²) in [5.74, 6) is -0.885. The molecule has 2 aromatic rings. The molecule has 0 saturated heterocycles. The van der Waals surface area contributed by atoms with Crippen LogP contribution in [-0.2, 0) is 0 Å². The fraction of sp³-hybridized carbons (Fsp3) is 0. The van der Waals surface area contributed by atoms with E-state index in [2.05, 4.69) is 15.3 Å². The highest BCUT2D eigenvalue weighted by Crippen LogP contribution is 2.19. The summed E-state index contributed by atoms with van der Waals surface area (Å²) >= 11 is 0. The van der Waals surface area contributed by atoms with Crippen molar-refractivity contribution in [1.29, 1.82) is 0 Å². The largest absolute Gasteiger partial charge is 0.397 e. The molecule has 2 rings (SSSR count). The number of nitrogen functional groups attached to an aromatic ring is 1. The molecule has 0 aliphatic heterocycles. The van der Waals surface area contributed by atoms with Crippen molar-refractivity contribution >= 4 is 17.3 Å². The SMILES string of the molecule is Nc1ccc(F)cc1NC(=O)c1cnc[nH]1. The van der Waals surface area contributed by atoms with E-state index in [1.165, 1.54) is 24.7 Å². The highest BCUT2D eigenvalue weighted by atomic mass is 19.1. The number of amides is 1. The van der Waals surface area contributed by atoms with Gasteiger partial charge in [0.25, 0.3) is 5.91 Å². The number of anilines is 2. The lowest BCUT2D eigenvalue weighted by molar-refractivity contribution is 0.102. The standard InChI is InChI=1S/C10H9FN4O/c11-6-1-2-7(12)8(3-6)15-10(16)9-4-13-5-14-9/h1-5H,12H2,(H,13,14)(H,15,16). The Morgan fingerprint density at radius 2 is 2.31 bits per heavy atom. The molecule has 1 aromatic carbocycles. The van der Waals surface area contributed by atoms with E-state index in [4.69, 9.17) is 5.73 Å². The van der Waals surface area contributed by atoms with Crippen LogP contribution < -0.4 is 11.1 Å². The lowest BCUT2D eigenvalue weighted by Gasteiger charge is -2.06. The molecule has 6 heteroatoms. The first kappa shape index (κ1) is 10.2. The number of carbonyl (C=O) groups is 1. The third-order valence-electron chi connectivity index (χ3n) is 2.01. The summed E-state index contributed by atoms with van der Waals surface area (Å²) in [6.45, 7) is 0. The molecule has 0 aliphatic carbocycles. The third-order valence-corrected chi connectivity index (χ3v) is 2.01. The number of hydrogen-bond donors (Lipinski definition) is 3. The minimum absolute atomic E-state index is 0.236. The van der Waals surface area contributed by atoms with Gasteiger partial charge < -0.3 is 16.0 Å². The van der Waals surface area contributed by atoms with Crippen LogP contribution in [0, 0.1) is 5.82 Å². The van der Waals surface area contributed by atoms with Crippen LogP contribution in [0.25, 0.3) is 0 Å². The molecule has 82 valence electrons. The maximum absolute atomic E-state index is 12.9. The number of H-pyrrole nitrogens is 1. The van der Waals surface area contributed by atoms with Crippen LogP contribution in [0.15, 0.2) is 30.7 Å². The first-order valence-corrected chi connectivity index (χ1v) is 4.51. The molecule has 4 N–H and O–H groups in total. The summed E-state index contributed by atoms with van der Waals surface area (Å²) in [7, 11) is 0. The zero-order chi connectivity index (χ0) is 11.5. The molecule has 1 heterocycles. The van der Waals surface area contributed by atoms with Gasteiger partial charge in [0.05, 0.1) is 23.9 Å². The number of aromatic nitrogens is 2. The van der Waals surface area contributed by atoms with Crippen molar-refractivity contribution in [2.24, 2.45) is 0 Å². The van der Waals surface area contributed by atoms with Crippen molar-refractivity contribution in [3.8, 4) is 0 Å². The smallest absolute Gasteiger partial charge is 0.273 e. The summed E-state index contributed by atoms with van der Waals surface area (Å²) in [5, 5.41) is 2.48. The Bertz CT molecular complexity index is 510. The molecule has 16 heavy (non-hydrogen) atoms. The zero-order valence-electron chi connectivity index (χ0n) is 8.20. The van der Waals surface area contributed by atoms with Crippen molar-refractivity contribution in [1.82, 2.24) is 9.97 Å². The van der Waals surface area contributed by atoms with Gasteiger partial charge in [0.15, 0.2) is 0 Å². The van der Waals surface area contributed by atoms with E-state index in [-0.39, 0.29) is 11.4 Å². The molecular formula is C10H9FN4O. The van der Waals surface area contributed by atoms with Crippen LogP contribution in [-0.4, -0.2) is 15.9 Å². The Morgan fingerprint density at radius 3 is 3.00 bits per heavy atom. The quantitative estimate of drug-likeness (QED) is 0.668. The first-order chi connectivity index (χ1) is 7.66. The normalized spacial score (nSPS) is 10.1. The van der Waals surface area contributed by atoms with E-state index in [9.17, 15) is 9.18 Å². The minimum atomic E-state index is -0.464. The van der Waals surface area contributed by atoms with E-state index >= 15 is 0 Å². The van der Waals surface area contributed by atoms with Gasteiger partial charge in [0.1, 0.15) is 11.5 Å². The fourth-order valence-corrected chi connectivity index (χ4v) is 1.21. The molecule has 0 bridgehead atoms. The number of nitrogens with one attached hydrogen (secondary N) is 2. The topological polar surface area (TPSA) is 83.8 Å². The van der Waals surface area contributed by atoms with E-state index in [1.54, 1.807) is 0 Å². The summed E-state index contributed by atoms with van der Waals surface area (Å²) in [6.07, 6.45) is 2.74. The van der Waals surface area contributed by atoms with E-state index < -0.39 is 11.7 Å². The van der Waals surface area contributed by atoms with Crippen LogP contribution in [0.4, 0.5) is 15.8 Å². The summed E-state index contributed by atoms with van der Waals surface area (Å²) in [5.41, 5.74) is 6.40. The van der Waals surface area contributed by atoms with Gasteiger partial charge in [-0.1, -0.05) is 0 Å². The second kappa shape index (κ2) is 4.01. The average Bonchev–Trinajstić information content (AvgIpc) is 2.76. The number of rotatable bonds is 2. The number of nitrogens with two attached hydrogens (primary N) is 1. The fourth-order valence-electron chi connectivity index (χ4n) is 1.21. The Hall–Kier alpha value is -2.37. The molecule has 1 aromatic heterocycles. The van der Waals surface area contributed by atoms with Crippen molar-refractivity contribution in [3.63, 3.8) is 0 Å². The van der Waals surface area contributed by atoms with Gasteiger partial charge in [0.2, 0.25) is 0 Å². The lowest BCUT2D eigenvalue weighted by Crippen LogP contribution is -2.13. The van der Waals surface area contributed by atoms with Gasteiger partial charge in [0, 0.05) is 0 Å². The molecule has 0 atom stereocenters. The number of nitrogens with zero attached hydrogens (tertiary/aromatic N) is 1. The highest BCUT2D eigenvalue weighted by Gasteiger charge is 2.09. The van der Waals surface area contributed by atoms with E-state index in [0.29, 0.717) is 5.69 Å². The summed E-state index contributed by atoms with van der Waals surface area (Å²) in [6, 6.07) is 3.77. The Labute approximate surface area is 90.5 Å². The number of aromatic amines is 1. The molecule has 0 unspecified atom stereocenters. The van der Waals surface area contributed by atoms with Crippen LogP contribution in [0.1, 0.15) is 10.5 Å². The first-order valence-electron chi connectivity index (χ1n) is 4.51. The highest BCUT2D eigenvalue weighted by molar-refractivity contribution is 6.04. The molecule has 0 radical (unpaired) electrons. The molecule has 0 fully saturated rings. The van der Waals surface area contributed by atoms with Gasteiger partial charge >= 0.3 is 0 Å². The second-order valence-corrected chi connectivity index (χ2v) is 3.15. The van der Waals surface area contributed by atoms with Gasteiger partial charge in [-0.05, 0) is 18.2 Å². The second-order valence-electron chi connectivity index (χ2n) is 3.15. The molecule has 1 amide bonds. The maximum atomic E-state index is 12.9. The maximum Gasteiger partial charge on any atom is 0.273 e. The van der Waals surface area contributed by atoms with Crippen LogP contribution >= 0.6 is 0 Å². The number of halogens is 1. The number of carbonyl (C=O) groups excluding carboxylic acids is 1. The lowest BCUT2D eigenvalue weighted by atomic mass is 10.2. The molecule has 0 spiro atoms. The van der Waals surface area contributed by atoms with Crippen molar-refractivity contribution in [2.45, 2.75) is 0 Å². The Balaban J connectivity index is 2.21. The van der Waals surface area contributed by atoms with Crippen molar-refractivity contribution < 1.29 is 9.18 Å². The van der Waals surface area contributed by atoms with Crippen LogP contribution in [0.2, 0.25) is 0 Å². The monoisotopic (exact) mass is 220 g/mol. The Morgan fingerprint density at radius 1 is 1.50 bits per heavy atom. The van der Waals surface area contributed by atoms with Crippen molar-refractivity contribution in [2.75, 3.05) is 11.1 Å². The van der Waals surface area contributed by atoms with E-state index in [0.717, 1.165) is 6.07 Å². The third kappa shape index (κ3) is 2.00. The minimum Gasteiger partial charge on any atom is -0.397 e. The number of imidazole rings is 1. The van der Waals surface area contributed by atoms with Gasteiger partial charge in [-0.3, -0.25) is 4.79 Å². The average molecular weight is 220 g/mol. The molecule has 0 saturated carbocycles. The van der Waals surface area contributed by atoms with Gasteiger partial charge in [-0.2, -0.15) is 0 Å².